The van der Waals surface area contributed by atoms with E-state index in [1.54, 1.807) is 0 Å². The van der Waals surface area contributed by atoms with E-state index in [-0.39, 0.29) is 5.43 Å². The second-order valence-corrected chi connectivity index (χ2v) is 7.59. The van der Waals surface area contributed by atoms with Gasteiger partial charge in [-0.1, -0.05) is 69.4 Å². The minimum Gasteiger partial charge on any atom is -0.456 e. The molecule has 0 atom stereocenters. The molecule has 3 aromatic rings. The molecule has 30 heavy (non-hydrogen) atoms. The van der Waals surface area contributed by atoms with Crippen molar-refractivity contribution in [2.45, 2.75) is 59.3 Å². The molecule has 0 saturated heterocycles. The van der Waals surface area contributed by atoms with Gasteiger partial charge in [0.1, 0.15) is 11.2 Å². The third kappa shape index (κ3) is 4.99. The molecule has 0 bridgehead atoms. The lowest BCUT2D eigenvalue weighted by molar-refractivity contribution is 0.654. The Bertz CT molecular complexity index is 1140. The Hall–Kier alpha value is -2.87. The molecule has 1 heterocycles. The first-order valence-electron chi connectivity index (χ1n) is 11.1. The zero-order chi connectivity index (χ0) is 21.3. The first kappa shape index (κ1) is 21.8. The van der Waals surface area contributed by atoms with Gasteiger partial charge >= 0.3 is 0 Å². The fourth-order valence-electron chi connectivity index (χ4n) is 3.74. The van der Waals surface area contributed by atoms with E-state index in [1.165, 1.54) is 5.56 Å². The van der Waals surface area contributed by atoms with E-state index in [9.17, 15) is 4.79 Å². The summed E-state index contributed by atoms with van der Waals surface area (Å²) in [7, 11) is 0. The molecular formula is C28H32O2. The number of hydrogen-bond donors (Lipinski definition) is 0. The lowest BCUT2D eigenvalue weighted by Crippen LogP contribution is -2.05. The van der Waals surface area contributed by atoms with Gasteiger partial charge in [0.25, 0.3) is 0 Å². The normalized spacial score (nSPS) is 12.4. The maximum Gasteiger partial charge on any atom is 0.200 e. The van der Waals surface area contributed by atoms with Gasteiger partial charge in [0.05, 0.1) is 10.8 Å². The first-order chi connectivity index (χ1) is 14.7. The highest BCUT2D eigenvalue weighted by Crippen LogP contribution is 2.27. The van der Waals surface area contributed by atoms with E-state index >= 15 is 0 Å². The van der Waals surface area contributed by atoms with Crippen molar-refractivity contribution in [3.63, 3.8) is 0 Å². The highest BCUT2D eigenvalue weighted by atomic mass is 16.3. The molecule has 0 amide bonds. The van der Waals surface area contributed by atoms with Gasteiger partial charge in [0, 0.05) is 5.56 Å². The minimum atomic E-state index is 0.0592. The number of hydrogen-bond acceptors (Lipinski definition) is 2. The van der Waals surface area contributed by atoms with Crippen molar-refractivity contribution >= 4 is 21.9 Å². The Morgan fingerprint density at radius 3 is 2.10 bits per heavy atom. The van der Waals surface area contributed by atoms with Gasteiger partial charge in [0.15, 0.2) is 0 Å². The molecule has 0 radical (unpaired) electrons. The largest absolute Gasteiger partial charge is 0.456 e. The third-order valence-electron chi connectivity index (χ3n) is 5.32. The van der Waals surface area contributed by atoms with Crippen LogP contribution in [-0.4, -0.2) is 0 Å². The van der Waals surface area contributed by atoms with E-state index in [0.717, 1.165) is 55.2 Å². The number of fused-ring (bicyclic) bond motifs is 2. The van der Waals surface area contributed by atoms with Crippen molar-refractivity contribution in [2.75, 3.05) is 0 Å². The van der Waals surface area contributed by atoms with Crippen LogP contribution in [0.15, 0.2) is 76.0 Å². The van der Waals surface area contributed by atoms with Crippen molar-refractivity contribution in [3.05, 3.63) is 93.7 Å². The zero-order valence-electron chi connectivity index (χ0n) is 18.4. The van der Waals surface area contributed by atoms with Crippen molar-refractivity contribution in [1.82, 2.24) is 0 Å². The van der Waals surface area contributed by atoms with Crippen LogP contribution in [0.4, 0.5) is 0 Å². The van der Waals surface area contributed by atoms with Crippen LogP contribution in [-0.2, 0) is 19.3 Å². The van der Waals surface area contributed by atoms with Crippen LogP contribution < -0.4 is 5.43 Å². The minimum absolute atomic E-state index is 0.0592. The molecule has 0 saturated carbocycles. The second-order valence-electron chi connectivity index (χ2n) is 7.59. The van der Waals surface area contributed by atoms with Crippen LogP contribution in [0.2, 0.25) is 0 Å². The SMILES string of the molecule is CCC=CCc1ccc2oc3c(CC=CCC)c(CC=CCC)ccc3c(=O)c2c1. The summed E-state index contributed by atoms with van der Waals surface area (Å²) >= 11 is 0. The van der Waals surface area contributed by atoms with Crippen LogP contribution in [0.25, 0.3) is 21.9 Å². The Morgan fingerprint density at radius 1 is 0.733 bits per heavy atom. The van der Waals surface area contributed by atoms with Crippen molar-refractivity contribution in [1.29, 1.82) is 0 Å². The Morgan fingerprint density at radius 2 is 1.40 bits per heavy atom. The molecule has 2 aromatic carbocycles. The van der Waals surface area contributed by atoms with Crippen LogP contribution in [0.1, 0.15) is 56.7 Å². The third-order valence-corrected chi connectivity index (χ3v) is 5.32. The molecule has 2 heteroatoms. The molecule has 156 valence electrons. The summed E-state index contributed by atoms with van der Waals surface area (Å²) < 4.78 is 6.34. The van der Waals surface area contributed by atoms with Gasteiger partial charge in [-0.2, -0.15) is 0 Å². The van der Waals surface area contributed by atoms with E-state index in [0.29, 0.717) is 16.4 Å². The molecule has 0 unspecified atom stereocenters. The average molecular weight is 401 g/mol. The lowest BCUT2D eigenvalue weighted by Gasteiger charge is -2.11. The first-order valence-corrected chi connectivity index (χ1v) is 11.1. The highest BCUT2D eigenvalue weighted by molar-refractivity contribution is 5.92. The van der Waals surface area contributed by atoms with Crippen molar-refractivity contribution in [2.24, 2.45) is 0 Å². The van der Waals surface area contributed by atoms with E-state index in [2.05, 4.69) is 69.4 Å². The molecule has 0 fully saturated rings. The average Bonchev–Trinajstić information content (AvgIpc) is 2.76. The maximum atomic E-state index is 13.3. The monoisotopic (exact) mass is 400 g/mol. The highest BCUT2D eigenvalue weighted by Gasteiger charge is 2.14. The fraction of sp³-hybridized carbons (Fsp3) is 0.321. The second kappa shape index (κ2) is 10.8. The van der Waals surface area contributed by atoms with Gasteiger partial charge in [-0.15, -0.1) is 0 Å². The molecule has 0 N–H and O–H groups in total. The maximum absolute atomic E-state index is 13.3. The Kier molecular flexibility index (Phi) is 7.84. The number of benzene rings is 2. The van der Waals surface area contributed by atoms with Crippen molar-refractivity contribution in [3.8, 4) is 0 Å². The van der Waals surface area contributed by atoms with E-state index in [1.807, 2.05) is 18.2 Å². The Balaban J connectivity index is 2.15. The topological polar surface area (TPSA) is 30.2 Å². The molecule has 1 aromatic heterocycles. The van der Waals surface area contributed by atoms with Gasteiger partial charge < -0.3 is 4.42 Å². The molecule has 0 aliphatic carbocycles. The van der Waals surface area contributed by atoms with Gasteiger partial charge in [0.2, 0.25) is 5.43 Å². The Labute approximate surface area is 179 Å². The van der Waals surface area contributed by atoms with Gasteiger partial charge in [-0.25, -0.2) is 0 Å². The summed E-state index contributed by atoms with van der Waals surface area (Å²) in [6.07, 6.45) is 18.5. The number of allylic oxidation sites excluding steroid dienone is 6. The van der Waals surface area contributed by atoms with Crippen LogP contribution in [0.3, 0.4) is 0 Å². The molecule has 0 spiro atoms. The molecule has 0 aliphatic rings. The summed E-state index contributed by atoms with van der Waals surface area (Å²) in [4.78, 5) is 13.3. The van der Waals surface area contributed by atoms with Gasteiger partial charge in [-0.3, -0.25) is 4.79 Å². The van der Waals surface area contributed by atoms with Crippen LogP contribution in [0, 0.1) is 0 Å². The molecule has 3 rings (SSSR count). The molecule has 2 nitrogen and oxygen atoms in total. The molecular weight excluding hydrogens is 368 g/mol. The standard InChI is InChI=1S/C28H32O2/c1-4-7-10-13-21-16-19-26-25(20-21)27(29)24-18-17-22(14-11-8-5-2)23(28(24)30-26)15-12-9-6-3/h7-12,16-20H,4-6,13-15H2,1-3H3. The number of rotatable bonds is 9. The lowest BCUT2D eigenvalue weighted by atomic mass is 9.97. The summed E-state index contributed by atoms with van der Waals surface area (Å²) in [6.45, 7) is 6.39. The summed E-state index contributed by atoms with van der Waals surface area (Å²) in [5, 5.41) is 1.34. The van der Waals surface area contributed by atoms with E-state index in [4.69, 9.17) is 4.42 Å². The zero-order valence-corrected chi connectivity index (χ0v) is 18.4. The summed E-state index contributed by atoms with van der Waals surface area (Å²) in [5.74, 6) is 0. The predicted molar refractivity (Wildman–Crippen MR) is 129 cm³/mol. The van der Waals surface area contributed by atoms with E-state index < -0.39 is 0 Å². The summed E-state index contributed by atoms with van der Waals surface area (Å²) in [5.41, 5.74) is 4.92. The van der Waals surface area contributed by atoms with Crippen LogP contribution in [0.5, 0.6) is 0 Å². The van der Waals surface area contributed by atoms with Crippen molar-refractivity contribution < 1.29 is 4.42 Å². The fourth-order valence-corrected chi connectivity index (χ4v) is 3.74. The predicted octanol–water partition coefficient (Wildman–Crippen LogP) is 7.47. The quantitative estimate of drug-likeness (QED) is 0.275. The molecule has 0 aliphatic heterocycles. The van der Waals surface area contributed by atoms with Crippen LogP contribution >= 0.6 is 0 Å². The van der Waals surface area contributed by atoms with Gasteiger partial charge in [-0.05, 0) is 67.9 Å². The summed E-state index contributed by atoms with van der Waals surface area (Å²) in [6, 6.07) is 10.0. The smallest absolute Gasteiger partial charge is 0.200 e.